The molecule has 1 aromatic heterocycles. The van der Waals surface area contributed by atoms with Crippen LogP contribution in [0.15, 0.2) is 24.3 Å². The van der Waals surface area contributed by atoms with Gasteiger partial charge in [-0.15, -0.1) is 23.7 Å². The van der Waals surface area contributed by atoms with Crippen LogP contribution in [-0.4, -0.2) is 31.1 Å². The second kappa shape index (κ2) is 8.34. The molecule has 0 saturated carbocycles. The molecule has 0 radical (unpaired) electrons. The summed E-state index contributed by atoms with van der Waals surface area (Å²) in [5.74, 6) is -0.456. The topological polar surface area (TPSA) is 15.3 Å². The number of halogens is 5. The molecule has 1 atom stereocenters. The quantitative estimate of drug-likeness (QED) is 0.687. The van der Waals surface area contributed by atoms with Crippen LogP contribution in [0.2, 0.25) is 14.4 Å². The van der Waals surface area contributed by atoms with Crippen molar-refractivity contribution >= 4 is 58.5 Å². The molecule has 1 N–H and O–H groups in total. The van der Waals surface area contributed by atoms with Gasteiger partial charge in [0.05, 0.1) is 15.4 Å². The van der Waals surface area contributed by atoms with Crippen LogP contribution < -0.4 is 5.32 Å². The summed E-state index contributed by atoms with van der Waals surface area (Å²) in [6, 6.07) is 6.61. The Morgan fingerprint density at radius 1 is 1.04 bits per heavy atom. The molecule has 0 unspecified atom stereocenters. The minimum Gasteiger partial charge on any atom is -0.314 e. The average Bonchev–Trinajstić information content (AvgIpc) is 2.94. The Kier molecular flexibility index (Phi) is 6.99. The maximum atomic E-state index is 14.7. The van der Waals surface area contributed by atoms with Crippen molar-refractivity contribution < 1.29 is 4.39 Å². The Morgan fingerprint density at radius 3 is 2.30 bits per heavy atom. The molecule has 126 valence electrons. The maximum Gasteiger partial charge on any atom is 0.148 e. The summed E-state index contributed by atoms with van der Waals surface area (Å²) in [6.45, 7) is 3.33. The fraction of sp³-hybridized carbons (Fsp3) is 0.333. The highest BCUT2D eigenvalue weighted by molar-refractivity contribution is 7.16. The highest BCUT2D eigenvalue weighted by Gasteiger charge is 2.30. The Bertz CT molecular complexity index is 673. The molecule has 0 aliphatic carbocycles. The number of benzene rings is 1. The van der Waals surface area contributed by atoms with Crippen molar-refractivity contribution in [2.75, 3.05) is 26.2 Å². The molecular weight excluding hydrogens is 401 g/mol. The molecule has 1 fully saturated rings. The smallest absolute Gasteiger partial charge is 0.148 e. The van der Waals surface area contributed by atoms with E-state index < -0.39 is 5.82 Å². The molecule has 3 rings (SSSR count). The standard InChI is InChI=1S/C15H14Cl3FN2S.ClH/c16-9-1-2-10(17)14(19)13(9)15(11-3-4-12(18)22-11)21-7-5-20-6-8-21;/h1-4,15,20H,5-8H2;1H/t15-;/m1./s1. The van der Waals surface area contributed by atoms with Gasteiger partial charge in [-0.2, -0.15) is 0 Å². The van der Waals surface area contributed by atoms with Crippen LogP contribution in [0.1, 0.15) is 16.5 Å². The molecule has 1 saturated heterocycles. The van der Waals surface area contributed by atoms with Crippen molar-refractivity contribution in [3.63, 3.8) is 0 Å². The molecule has 8 heteroatoms. The summed E-state index contributed by atoms with van der Waals surface area (Å²) >= 11 is 19.8. The third-order valence-electron chi connectivity index (χ3n) is 3.73. The average molecular weight is 416 g/mol. The van der Waals surface area contributed by atoms with Crippen molar-refractivity contribution in [1.29, 1.82) is 0 Å². The molecule has 1 aliphatic heterocycles. The number of nitrogens with zero attached hydrogens (tertiary/aromatic N) is 1. The van der Waals surface area contributed by atoms with E-state index in [1.165, 1.54) is 17.4 Å². The number of piperazine rings is 1. The van der Waals surface area contributed by atoms with Crippen molar-refractivity contribution in [3.8, 4) is 0 Å². The fourth-order valence-corrected chi connectivity index (χ4v) is 4.33. The summed E-state index contributed by atoms with van der Waals surface area (Å²) in [5.41, 5.74) is 0.426. The van der Waals surface area contributed by atoms with Gasteiger partial charge in [0.2, 0.25) is 0 Å². The van der Waals surface area contributed by atoms with Gasteiger partial charge in [0, 0.05) is 41.6 Å². The molecule has 1 aliphatic rings. The van der Waals surface area contributed by atoms with E-state index in [0.717, 1.165) is 31.1 Å². The SMILES string of the molecule is Cl.Fc1c(Cl)ccc(Cl)c1[C@@H](c1ccc(Cl)s1)N1CCNCC1. The highest BCUT2D eigenvalue weighted by Crippen LogP contribution is 2.41. The maximum absolute atomic E-state index is 14.7. The van der Waals surface area contributed by atoms with E-state index in [2.05, 4.69) is 10.2 Å². The van der Waals surface area contributed by atoms with Gasteiger partial charge in [0.1, 0.15) is 5.82 Å². The predicted octanol–water partition coefficient (Wildman–Crippen LogP) is 5.26. The molecule has 2 nitrogen and oxygen atoms in total. The molecule has 0 spiro atoms. The van der Waals surface area contributed by atoms with E-state index in [1.807, 2.05) is 12.1 Å². The zero-order valence-corrected chi connectivity index (χ0v) is 15.9. The number of hydrogen-bond acceptors (Lipinski definition) is 3. The van der Waals surface area contributed by atoms with E-state index in [0.29, 0.717) is 14.9 Å². The van der Waals surface area contributed by atoms with Gasteiger partial charge < -0.3 is 5.32 Å². The summed E-state index contributed by atoms with van der Waals surface area (Å²) < 4.78 is 15.3. The normalized spacial score (nSPS) is 16.9. The van der Waals surface area contributed by atoms with E-state index in [1.54, 1.807) is 6.07 Å². The van der Waals surface area contributed by atoms with Gasteiger partial charge in [-0.3, -0.25) is 4.90 Å². The first-order valence-electron chi connectivity index (χ1n) is 6.91. The van der Waals surface area contributed by atoms with Crippen LogP contribution in [-0.2, 0) is 0 Å². The predicted molar refractivity (Wildman–Crippen MR) is 99.3 cm³/mol. The first-order valence-corrected chi connectivity index (χ1v) is 8.86. The summed E-state index contributed by atoms with van der Waals surface area (Å²) in [5, 5.41) is 3.77. The zero-order valence-electron chi connectivity index (χ0n) is 12.0. The largest absolute Gasteiger partial charge is 0.314 e. The number of rotatable bonds is 3. The fourth-order valence-electron chi connectivity index (χ4n) is 2.71. The molecule has 23 heavy (non-hydrogen) atoms. The second-order valence-corrected chi connectivity index (χ2v) is 7.65. The molecule has 0 amide bonds. The third-order valence-corrected chi connectivity index (χ3v) is 5.64. The van der Waals surface area contributed by atoms with Crippen LogP contribution in [0.5, 0.6) is 0 Å². The van der Waals surface area contributed by atoms with Crippen molar-refractivity contribution in [2.24, 2.45) is 0 Å². The summed E-state index contributed by atoms with van der Waals surface area (Å²) in [7, 11) is 0. The summed E-state index contributed by atoms with van der Waals surface area (Å²) in [4.78, 5) is 3.18. The number of thiophene rings is 1. The lowest BCUT2D eigenvalue weighted by Crippen LogP contribution is -2.45. The van der Waals surface area contributed by atoms with Crippen LogP contribution in [0, 0.1) is 5.82 Å². The molecule has 1 aromatic carbocycles. The minimum absolute atomic E-state index is 0. The van der Waals surface area contributed by atoms with Crippen LogP contribution in [0.4, 0.5) is 4.39 Å². The van der Waals surface area contributed by atoms with Crippen molar-refractivity contribution in [2.45, 2.75) is 6.04 Å². The number of hydrogen-bond donors (Lipinski definition) is 1. The van der Waals surface area contributed by atoms with Crippen molar-refractivity contribution in [3.05, 3.63) is 54.9 Å². The first kappa shape index (κ1) is 19.3. The molecular formula is C15H15Cl4FN2S. The Hall–Kier alpha value is -0.0700. The van der Waals surface area contributed by atoms with Gasteiger partial charge in [-0.25, -0.2) is 4.39 Å². The van der Waals surface area contributed by atoms with Gasteiger partial charge >= 0.3 is 0 Å². The minimum atomic E-state index is -0.456. The monoisotopic (exact) mass is 414 g/mol. The summed E-state index contributed by atoms with van der Waals surface area (Å²) in [6.07, 6.45) is 0. The van der Waals surface area contributed by atoms with Crippen LogP contribution >= 0.6 is 58.5 Å². The molecule has 2 aromatic rings. The van der Waals surface area contributed by atoms with Crippen molar-refractivity contribution in [1.82, 2.24) is 10.2 Å². The third kappa shape index (κ3) is 4.13. The van der Waals surface area contributed by atoms with Crippen LogP contribution in [0.25, 0.3) is 0 Å². The van der Waals surface area contributed by atoms with Gasteiger partial charge in [0.25, 0.3) is 0 Å². The van der Waals surface area contributed by atoms with E-state index in [4.69, 9.17) is 34.8 Å². The lowest BCUT2D eigenvalue weighted by molar-refractivity contribution is 0.197. The van der Waals surface area contributed by atoms with Gasteiger partial charge in [0.15, 0.2) is 0 Å². The molecule has 2 heterocycles. The highest BCUT2D eigenvalue weighted by atomic mass is 35.5. The Morgan fingerprint density at radius 2 is 1.70 bits per heavy atom. The lowest BCUT2D eigenvalue weighted by Gasteiger charge is -2.35. The zero-order chi connectivity index (χ0) is 15.7. The second-order valence-electron chi connectivity index (χ2n) is 5.09. The Labute approximate surface area is 159 Å². The molecule has 0 bridgehead atoms. The van der Waals surface area contributed by atoms with Crippen LogP contribution in [0.3, 0.4) is 0 Å². The van der Waals surface area contributed by atoms with E-state index in [-0.39, 0.29) is 23.5 Å². The van der Waals surface area contributed by atoms with E-state index in [9.17, 15) is 4.39 Å². The van der Waals surface area contributed by atoms with E-state index >= 15 is 0 Å². The Balaban J connectivity index is 0.00000192. The van der Waals surface area contributed by atoms with Gasteiger partial charge in [-0.1, -0.05) is 34.8 Å². The van der Waals surface area contributed by atoms with Gasteiger partial charge in [-0.05, 0) is 24.3 Å². The lowest BCUT2D eigenvalue weighted by atomic mass is 10.0. The first-order chi connectivity index (χ1) is 10.6. The number of nitrogens with one attached hydrogen (secondary N) is 1.